The number of aromatic nitrogens is 1. The molecular formula is C16H12ClNO. The maximum absolute atomic E-state index is 6.01. The van der Waals surface area contributed by atoms with Gasteiger partial charge in [0.1, 0.15) is 5.75 Å². The molecule has 0 amide bonds. The van der Waals surface area contributed by atoms with Crippen molar-refractivity contribution in [3.63, 3.8) is 0 Å². The summed E-state index contributed by atoms with van der Waals surface area (Å²) < 4.78 is 5.76. The number of pyridine rings is 1. The predicted octanol–water partition coefficient (Wildman–Crippen LogP) is 4.77. The summed E-state index contributed by atoms with van der Waals surface area (Å²) in [5.41, 5.74) is 1.06. The molecule has 0 unspecified atom stereocenters. The molecule has 0 bridgehead atoms. The highest BCUT2D eigenvalue weighted by atomic mass is 35.5. The number of ether oxygens (including phenoxy) is 1. The van der Waals surface area contributed by atoms with Gasteiger partial charge in [0.25, 0.3) is 0 Å². The third kappa shape index (κ3) is 2.54. The molecule has 19 heavy (non-hydrogen) atoms. The summed E-state index contributed by atoms with van der Waals surface area (Å²) >= 11 is 6.01. The fourth-order valence-electron chi connectivity index (χ4n) is 2.06. The zero-order valence-corrected chi connectivity index (χ0v) is 11.0. The molecule has 0 aliphatic carbocycles. The number of nitrogens with zero attached hydrogens (tertiary/aromatic N) is 1. The summed E-state index contributed by atoms with van der Waals surface area (Å²) in [5.74, 6) is 1.80. The van der Waals surface area contributed by atoms with Crippen molar-refractivity contribution in [3.05, 3.63) is 66.4 Å². The SMILES string of the molecule is ClCc1cc(Oc2ccccn2)cc2ccccc12. The van der Waals surface area contributed by atoms with E-state index in [1.165, 1.54) is 0 Å². The van der Waals surface area contributed by atoms with Crippen molar-refractivity contribution in [2.45, 2.75) is 5.88 Å². The van der Waals surface area contributed by atoms with Gasteiger partial charge in [-0.2, -0.15) is 0 Å². The van der Waals surface area contributed by atoms with Crippen LogP contribution in [0, 0.1) is 0 Å². The normalized spacial score (nSPS) is 10.6. The molecule has 3 aromatic rings. The Morgan fingerprint density at radius 1 is 1.00 bits per heavy atom. The molecule has 0 N–H and O–H groups in total. The first-order valence-electron chi connectivity index (χ1n) is 6.03. The minimum Gasteiger partial charge on any atom is -0.439 e. The molecule has 94 valence electrons. The number of halogens is 1. The highest BCUT2D eigenvalue weighted by molar-refractivity contribution is 6.18. The van der Waals surface area contributed by atoms with Gasteiger partial charge in [-0.3, -0.25) is 0 Å². The molecule has 0 aliphatic heterocycles. The molecule has 2 nitrogen and oxygen atoms in total. The van der Waals surface area contributed by atoms with E-state index in [2.05, 4.69) is 17.1 Å². The summed E-state index contributed by atoms with van der Waals surface area (Å²) in [4.78, 5) is 4.15. The van der Waals surface area contributed by atoms with Crippen molar-refractivity contribution in [1.82, 2.24) is 4.98 Å². The van der Waals surface area contributed by atoms with Gasteiger partial charge in [-0.1, -0.05) is 30.3 Å². The molecule has 0 radical (unpaired) electrons. The average Bonchev–Trinajstić information content (AvgIpc) is 2.47. The van der Waals surface area contributed by atoms with Crippen molar-refractivity contribution >= 4 is 22.4 Å². The van der Waals surface area contributed by atoms with E-state index in [9.17, 15) is 0 Å². The first kappa shape index (κ1) is 12.0. The van der Waals surface area contributed by atoms with Crippen LogP contribution in [0.15, 0.2) is 60.8 Å². The second kappa shape index (κ2) is 5.29. The number of rotatable bonds is 3. The van der Waals surface area contributed by atoms with Gasteiger partial charge in [-0.15, -0.1) is 11.6 Å². The minimum absolute atomic E-state index is 0.458. The monoisotopic (exact) mass is 269 g/mol. The molecule has 3 rings (SSSR count). The Morgan fingerprint density at radius 2 is 1.84 bits per heavy atom. The van der Waals surface area contributed by atoms with Gasteiger partial charge in [-0.25, -0.2) is 4.98 Å². The van der Waals surface area contributed by atoms with Gasteiger partial charge >= 0.3 is 0 Å². The second-order valence-electron chi connectivity index (χ2n) is 4.21. The fraction of sp³-hybridized carbons (Fsp3) is 0.0625. The molecule has 0 saturated heterocycles. The van der Waals surface area contributed by atoms with E-state index >= 15 is 0 Å². The molecule has 0 spiro atoms. The van der Waals surface area contributed by atoms with Crippen LogP contribution in [0.5, 0.6) is 11.6 Å². The van der Waals surface area contributed by atoms with Gasteiger partial charge in [-0.05, 0) is 34.5 Å². The zero-order chi connectivity index (χ0) is 13.1. The molecule has 0 fully saturated rings. The van der Waals surface area contributed by atoms with Crippen LogP contribution < -0.4 is 4.74 Å². The maximum atomic E-state index is 6.01. The summed E-state index contributed by atoms with van der Waals surface area (Å²) in [6.07, 6.45) is 1.71. The van der Waals surface area contributed by atoms with Crippen molar-refractivity contribution in [2.24, 2.45) is 0 Å². The molecule has 0 saturated carbocycles. The van der Waals surface area contributed by atoms with Crippen molar-refractivity contribution in [2.75, 3.05) is 0 Å². The summed E-state index contributed by atoms with van der Waals surface area (Å²) in [5, 5.41) is 2.28. The third-order valence-corrected chi connectivity index (χ3v) is 3.21. The van der Waals surface area contributed by atoms with Gasteiger partial charge in [0.05, 0.1) is 0 Å². The molecular weight excluding hydrogens is 258 g/mol. The van der Waals surface area contributed by atoms with Gasteiger partial charge in [0.15, 0.2) is 0 Å². The summed E-state index contributed by atoms with van der Waals surface area (Å²) in [6.45, 7) is 0. The minimum atomic E-state index is 0.458. The second-order valence-corrected chi connectivity index (χ2v) is 4.47. The number of fused-ring (bicyclic) bond motifs is 1. The van der Waals surface area contributed by atoms with E-state index in [0.29, 0.717) is 11.8 Å². The lowest BCUT2D eigenvalue weighted by Gasteiger charge is -2.09. The van der Waals surface area contributed by atoms with E-state index in [-0.39, 0.29) is 0 Å². The maximum Gasteiger partial charge on any atom is 0.219 e. The standard InChI is InChI=1S/C16H12ClNO/c17-11-13-10-14(19-16-7-3-4-8-18-16)9-12-5-1-2-6-15(12)13/h1-10H,11H2. The lowest BCUT2D eigenvalue weighted by molar-refractivity contribution is 0.463. The number of alkyl halides is 1. The molecule has 2 aromatic carbocycles. The Hall–Kier alpha value is -2.06. The molecule has 1 heterocycles. The number of benzene rings is 2. The highest BCUT2D eigenvalue weighted by Crippen LogP contribution is 2.28. The highest BCUT2D eigenvalue weighted by Gasteiger charge is 2.05. The molecule has 3 heteroatoms. The molecule has 0 atom stereocenters. The van der Waals surface area contributed by atoms with E-state index in [1.807, 2.05) is 42.5 Å². The lowest BCUT2D eigenvalue weighted by atomic mass is 10.1. The molecule has 0 aliphatic rings. The van der Waals surface area contributed by atoms with Crippen LogP contribution in [0.25, 0.3) is 10.8 Å². The third-order valence-electron chi connectivity index (χ3n) is 2.93. The van der Waals surface area contributed by atoms with Crippen molar-refractivity contribution < 1.29 is 4.74 Å². The Labute approximate surface area is 116 Å². The first-order chi connectivity index (χ1) is 9.36. The van der Waals surface area contributed by atoms with Gasteiger partial charge in [0.2, 0.25) is 5.88 Å². The van der Waals surface area contributed by atoms with E-state index < -0.39 is 0 Å². The van der Waals surface area contributed by atoms with Crippen LogP contribution in [0.2, 0.25) is 0 Å². The lowest BCUT2D eigenvalue weighted by Crippen LogP contribution is -1.89. The summed E-state index contributed by atoms with van der Waals surface area (Å²) in [7, 11) is 0. The van der Waals surface area contributed by atoms with E-state index in [4.69, 9.17) is 16.3 Å². The van der Waals surface area contributed by atoms with Crippen LogP contribution in [0.3, 0.4) is 0 Å². The Balaban J connectivity index is 2.05. The number of hydrogen-bond donors (Lipinski definition) is 0. The fourth-order valence-corrected chi connectivity index (χ4v) is 2.28. The van der Waals surface area contributed by atoms with Crippen LogP contribution in [0.1, 0.15) is 5.56 Å². The largest absolute Gasteiger partial charge is 0.439 e. The number of hydrogen-bond acceptors (Lipinski definition) is 2. The average molecular weight is 270 g/mol. The zero-order valence-electron chi connectivity index (χ0n) is 10.2. The van der Waals surface area contributed by atoms with Crippen LogP contribution in [-0.2, 0) is 5.88 Å². The Morgan fingerprint density at radius 3 is 2.63 bits per heavy atom. The van der Waals surface area contributed by atoms with Crippen LogP contribution in [-0.4, -0.2) is 4.98 Å². The van der Waals surface area contributed by atoms with Crippen molar-refractivity contribution in [1.29, 1.82) is 0 Å². The topological polar surface area (TPSA) is 22.1 Å². The van der Waals surface area contributed by atoms with Gasteiger partial charge in [0, 0.05) is 18.1 Å². The Kier molecular flexibility index (Phi) is 3.34. The van der Waals surface area contributed by atoms with Crippen LogP contribution in [0.4, 0.5) is 0 Å². The van der Waals surface area contributed by atoms with Crippen molar-refractivity contribution in [3.8, 4) is 11.6 Å². The molecule has 1 aromatic heterocycles. The van der Waals surface area contributed by atoms with Crippen LogP contribution >= 0.6 is 11.6 Å². The van der Waals surface area contributed by atoms with E-state index in [1.54, 1.807) is 6.20 Å². The summed E-state index contributed by atoms with van der Waals surface area (Å²) in [6, 6.07) is 17.7. The predicted molar refractivity (Wildman–Crippen MR) is 77.8 cm³/mol. The smallest absolute Gasteiger partial charge is 0.219 e. The van der Waals surface area contributed by atoms with Gasteiger partial charge < -0.3 is 4.74 Å². The first-order valence-corrected chi connectivity index (χ1v) is 6.57. The van der Waals surface area contributed by atoms with E-state index in [0.717, 1.165) is 22.1 Å². The quantitative estimate of drug-likeness (QED) is 0.639. The Bertz CT molecular complexity index is 697.